The second-order valence-electron chi connectivity index (χ2n) is 13.4. The molecule has 0 saturated carbocycles. The molecule has 0 radical (unpaired) electrons. The van der Waals surface area contributed by atoms with Crippen LogP contribution in [0.15, 0.2) is 48.7 Å². The van der Waals surface area contributed by atoms with E-state index in [0.29, 0.717) is 26.2 Å². The van der Waals surface area contributed by atoms with Crippen molar-refractivity contribution >= 4 is 40.7 Å². The number of fused-ring (bicyclic) bond motifs is 2. The molecule has 2 aliphatic heterocycles. The molecule has 42 heavy (non-hydrogen) atoms. The monoisotopic (exact) mass is 612 g/mol. The summed E-state index contributed by atoms with van der Waals surface area (Å²) in [5, 5.41) is 1.15. The minimum Gasteiger partial charge on any atom is -0.413 e. The Labute approximate surface area is 251 Å². The van der Waals surface area contributed by atoms with E-state index < -0.39 is 18.5 Å². The predicted octanol–water partition coefficient (Wildman–Crippen LogP) is 6.89. The van der Waals surface area contributed by atoms with Crippen molar-refractivity contribution in [3.05, 3.63) is 71.2 Å². The molecule has 2 aliphatic rings. The highest BCUT2D eigenvalue weighted by molar-refractivity contribution is 7.90. The molecule has 3 heterocycles. The summed E-state index contributed by atoms with van der Waals surface area (Å²) >= 11 is 0. The van der Waals surface area contributed by atoms with Gasteiger partial charge >= 0.3 is 10.2 Å². The molecule has 0 fully saturated rings. The topological polar surface area (TPSA) is 68.9 Å². The van der Waals surface area contributed by atoms with Crippen molar-refractivity contribution in [1.29, 1.82) is 0 Å². The molecule has 1 N–H and O–H groups in total. The molecule has 2 aromatic carbocycles. The van der Waals surface area contributed by atoms with Gasteiger partial charge in [0.15, 0.2) is 8.32 Å². The summed E-state index contributed by atoms with van der Waals surface area (Å²) < 4.78 is 50.8. The maximum Gasteiger partial charge on any atom is 0.304 e. The van der Waals surface area contributed by atoms with Crippen LogP contribution in [0.5, 0.6) is 0 Å². The van der Waals surface area contributed by atoms with E-state index in [4.69, 9.17) is 4.43 Å². The number of halogens is 1. The molecule has 7 nitrogen and oxygen atoms in total. The number of benzene rings is 2. The van der Waals surface area contributed by atoms with E-state index in [9.17, 15) is 12.8 Å². The second kappa shape index (κ2) is 11.5. The molecule has 1 aromatic heterocycles. The van der Waals surface area contributed by atoms with E-state index in [-0.39, 0.29) is 16.9 Å². The van der Waals surface area contributed by atoms with E-state index in [1.54, 1.807) is 8.61 Å². The van der Waals surface area contributed by atoms with Crippen molar-refractivity contribution in [2.75, 3.05) is 30.5 Å². The standard InChI is InChI=1S/C32H45FN4O3SSi/c1-23(2)37-21-26-18-24(22-40-42(6,7)32(3,4)5)8-11-31(26)36(41(37,38)39)17-16-35-14-12-25(13-15-35)29-20-34-30-19-27(33)9-10-28(29)30/h8-12,18-20,23,34H,13-17,21-22H2,1-7H3. The van der Waals surface area contributed by atoms with Crippen LogP contribution in [-0.2, 0) is 27.8 Å². The van der Waals surface area contributed by atoms with Crippen LogP contribution in [0.25, 0.3) is 16.5 Å². The van der Waals surface area contributed by atoms with E-state index in [2.05, 4.69) is 55.9 Å². The van der Waals surface area contributed by atoms with Crippen molar-refractivity contribution < 1.29 is 17.2 Å². The van der Waals surface area contributed by atoms with E-state index in [0.717, 1.165) is 52.8 Å². The number of aromatic nitrogens is 1. The predicted molar refractivity (Wildman–Crippen MR) is 173 cm³/mol. The van der Waals surface area contributed by atoms with Gasteiger partial charge in [-0.05, 0) is 79.4 Å². The summed E-state index contributed by atoms with van der Waals surface area (Å²) in [4.78, 5) is 5.48. The number of nitrogens with one attached hydrogen (secondary N) is 1. The Bertz CT molecular complexity index is 1590. The number of aromatic amines is 1. The molecule has 3 aromatic rings. The van der Waals surface area contributed by atoms with Crippen LogP contribution in [-0.4, -0.2) is 63.1 Å². The Kier molecular flexibility index (Phi) is 8.50. The van der Waals surface area contributed by atoms with Gasteiger partial charge in [0.25, 0.3) is 0 Å². The quantitative estimate of drug-likeness (QED) is 0.281. The SMILES string of the molecule is CC(C)N1Cc2cc(CO[Si](C)(C)C(C)(C)C)ccc2N(CCN2CC=C(c3c[nH]c4cc(F)ccc34)CC2)S1(=O)=O. The van der Waals surface area contributed by atoms with Crippen LogP contribution in [0, 0.1) is 5.82 Å². The van der Waals surface area contributed by atoms with Crippen LogP contribution in [0.3, 0.4) is 0 Å². The Morgan fingerprint density at radius 1 is 1.10 bits per heavy atom. The third-order valence-corrected chi connectivity index (χ3v) is 15.8. The molecule has 0 aliphatic carbocycles. The zero-order valence-electron chi connectivity index (χ0n) is 26.0. The summed E-state index contributed by atoms with van der Waals surface area (Å²) in [6.45, 7) is 18.5. The number of hydrogen-bond acceptors (Lipinski definition) is 4. The first-order chi connectivity index (χ1) is 19.7. The summed E-state index contributed by atoms with van der Waals surface area (Å²) in [6, 6.07) is 10.8. The molecule has 0 atom stereocenters. The van der Waals surface area contributed by atoms with Gasteiger partial charge < -0.3 is 9.41 Å². The smallest absolute Gasteiger partial charge is 0.304 e. The molecular weight excluding hydrogens is 568 g/mol. The van der Waals surface area contributed by atoms with Crippen molar-refractivity contribution in [1.82, 2.24) is 14.2 Å². The van der Waals surface area contributed by atoms with Crippen LogP contribution >= 0.6 is 0 Å². The van der Waals surface area contributed by atoms with Crippen LogP contribution in [0.1, 0.15) is 57.7 Å². The van der Waals surface area contributed by atoms with Gasteiger partial charge in [-0.2, -0.15) is 12.7 Å². The lowest BCUT2D eigenvalue weighted by Crippen LogP contribution is -2.52. The molecule has 10 heteroatoms. The normalized spacial score (nSPS) is 18.5. The Balaban J connectivity index is 1.31. The Hall–Kier alpha value is -2.50. The number of anilines is 1. The number of nitrogens with zero attached hydrogens (tertiary/aromatic N) is 3. The summed E-state index contributed by atoms with van der Waals surface area (Å²) in [7, 11) is -5.56. The molecular formula is C32H45FN4O3SSi. The molecule has 5 rings (SSSR count). The van der Waals surface area contributed by atoms with Gasteiger partial charge in [-0.15, -0.1) is 0 Å². The van der Waals surface area contributed by atoms with Gasteiger partial charge in [0.05, 0.1) is 12.3 Å². The Morgan fingerprint density at radius 2 is 1.86 bits per heavy atom. The van der Waals surface area contributed by atoms with E-state index in [1.165, 1.54) is 17.7 Å². The average Bonchev–Trinajstić information content (AvgIpc) is 3.33. The van der Waals surface area contributed by atoms with Crippen molar-refractivity contribution in [3.8, 4) is 0 Å². The highest BCUT2D eigenvalue weighted by Crippen LogP contribution is 2.38. The van der Waals surface area contributed by atoms with Crippen molar-refractivity contribution in [2.45, 2.75) is 78.4 Å². The highest BCUT2D eigenvalue weighted by atomic mass is 32.2. The molecule has 0 bridgehead atoms. The highest BCUT2D eigenvalue weighted by Gasteiger charge is 2.39. The fourth-order valence-electron chi connectivity index (χ4n) is 5.52. The third kappa shape index (κ3) is 6.10. The largest absolute Gasteiger partial charge is 0.413 e. The lowest BCUT2D eigenvalue weighted by Gasteiger charge is -2.40. The Morgan fingerprint density at radius 3 is 2.52 bits per heavy atom. The first kappa shape index (κ1) is 30.9. The minimum atomic E-state index is -3.65. The summed E-state index contributed by atoms with van der Waals surface area (Å²) in [5.41, 5.74) is 6.01. The van der Waals surface area contributed by atoms with Crippen LogP contribution in [0.4, 0.5) is 10.1 Å². The van der Waals surface area contributed by atoms with Crippen molar-refractivity contribution in [3.63, 3.8) is 0 Å². The number of rotatable bonds is 8. The molecule has 228 valence electrons. The number of hydrogen-bond donors (Lipinski definition) is 1. The molecule has 0 unspecified atom stereocenters. The molecule has 0 saturated heterocycles. The van der Waals surface area contributed by atoms with Gasteiger partial charge in [0.1, 0.15) is 5.82 Å². The average molecular weight is 613 g/mol. The third-order valence-electron chi connectivity index (χ3n) is 9.20. The van der Waals surface area contributed by atoms with E-state index >= 15 is 0 Å². The van der Waals surface area contributed by atoms with Crippen LogP contribution < -0.4 is 4.31 Å². The molecule has 0 amide bonds. The van der Waals surface area contributed by atoms with Crippen LogP contribution in [0.2, 0.25) is 18.1 Å². The second-order valence-corrected chi connectivity index (χ2v) is 20.0. The first-order valence-corrected chi connectivity index (χ1v) is 19.2. The van der Waals surface area contributed by atoms with Gasteiger partial charge in [0, 0.05) is 61.4 Å². The van der Waals surface area contributed by atoms with Gasteiger partial charge in [0.2, 0.25) is 0 Å². The van der Waals surface area contributed by atoms with Gasteiger partial charge in [-0.3, -0.25) is 9.21 Å². The lowest BCUT2D eigenvalue weighted by atomic mass is 9.99. The van der Waals surface area contributed by atoms with E-state index in [1.807, 2.05) is 38.2 Å². The van der Waals surface area contributed by atoms with Gasteiger partial charge in [-0.25, -0.2) is 4.39 Å². The van der Waals surface area contributed by atoms with Gasteiger partial charge in [-0.1, -0.05) is 39.0 Å². The maximum absolute atomic E-state index is 13.8. The summed E-state index contributed by atoms with van der Waals surface area (Å²) in [6.07, 6.45) is 5.02. The first-order valence-electron chi connectivity index (χ1n) is 14.9. The lowest BCUT2D eigenvalue weighted by molar-refractivity contribution is 0.276. The fraction of sp³-hybridized carbons (Fsp3) is 0.500. The van der Waals surface area contributed by atoms with Crippen molar-refractivity contribution in [2.24, 2.45) is 0 Å². The minimum absolute atomic E-state index is 0.125. The fourth-order valence-corrected chi connectivity index (χ4v) is 8.31. The zero-order valence-corrected chi connectivity index (χ0v) is 27.8. The number of H-pyrrole nitrogens is 1. The zero-order chi connectivity index (χ0) is 30.4. The molecule has 0 spiro atoms. The maximum atomic E-state index is 13.8. The summed E-state index contributed by atoms with van der Waals surface area (Å²) in [5.74, 6) is -0.249.